The van der Waals surface area contributed by atoms with Crippen LogP contribution in [-0.2, 0) is 6.42 Å². The van der Waals surface area contributed by atoms with E-state index in [2.05, 4.69) is 29.3 Å². The predicted molar refractivity (Wildman–Crippen MR) is 65.0 cm³/mol. The first kappa shape index (κ1) is 9.34. The van der Waals surface area contributed by atoms with Gasteiger partial charge in [-0.15, -0.1) is 11.6 Å². The maximum absolute atomic E-state index is 5.98. The Morgan fingerprint density at radius 2 is 2.40 bits per heavy atom. The summed E-state index contributed by atoms with van der Waals surface area (Å²) in [5.41, 5.74) is 5.50. The zero-order valence-corrected chi connectivity index (χ0v) is 9.64. The predicted octanol–water partition coefficient (Wildman–Crippen LogP) is 2.74. The van der Waals surface area contributed by atoms with Crippen LogP contribution in [0.5, 0.6) is 0 Å². The molecule has 1 aromatic rings. The Bertz CT molecular complexity index is 403. The highest BCUT2D eigenvalue weighted by Crippen LogP contribution is 2.41. The molecule has 2 aliphatic rings. The van der Waals surface area contributed by atoms with Crippen LogP contribution < -0.4 is 10.2 Å². The second-order valence-corrected chi connectivity index (χ2v) is 4.74. The first-order chi connectivity index (χ1) is 7.29. The summed E-state index contributed by atoms with van der Waals surface area (Å²) < 4.78 is 0. The van der Waals surface area contributed by atoms with Crippen molar-refractivity contribution >= 4 is 23.0 Å². The van der Waals surface area contributed by atoms with Gasteiger partial charge < -0.3 is 10.2 Å². The van der Waals surface area contributed by atoms with Crippen molar-refractivity contribution in [1.29, 1.82) is 0 Å². The summed E-state index contributed by atoms with van der Waals surface area (Å²) in [6.07, 6.45) is 2.74. The molecule has 1 N–H and O–H groups in total. The molecule has 3 heteroatoms. The summed E-state index contributed by atoms with van der Waals surface area (Å²) in [7, 11) is 0. The Balaban J connectivity index is 2.13. The number of alkyl halides is 1. The Kier molecular flexibility index (Phi) is 2.06. The third-order valence-corrected chi connectivity index (χ3v) is 3.60. The van der Waals surface area contributed by atoms with Crippen LogP contribution in [0.3, 0.4) is 0 Å². The normalized spacial score (nSPS) is 22.5. The lowest BCUT2D eigenvalue weighted by Gasteiger charge is -2.30. The van der Waals surface area contributed by atoms with Gasteiger partial charge in [-0.3, -0.25) is 0 Å². The Morgan fingerprint density at radius 1 is 1.53 bits per heavy atom. The fourth-order valence-electron chi connectivity index (χ4n) is 2.74. The zero-order valence-electron chi connectivity index (χ0n) is 8.89. The van der Waals surface area contributed by atoms with Crippen LogP contribution in [0, 0.1) is 6.92 Å². The van der Waals surface area contributed by atoms with Gasteiger partial charge in [0, 0.05) is 6.54 Å². The van der Waals surface area contributed by atoms with Crippen molar-refractivity contribution in [2.45, 2.75) is 25.9 Å². The number of rotatable bonds is 1. The van der Waals surface area contributed by atoms with Crippen LogP contribution in [0.1, 0.15) is 17.5 Å². The van der Waals surface area contributed by atoms with Gasteiger partial charge >= 0.3 is 0 Å². The molecule has 0 amide bonds. The molecule has 0 radical (unpaired) electrons. The summed E-state index contributed by atoms with van der Waals surface area (Å²) in [5.74, 6) is 0.646. The molecule has 15 heavy (non-hydrogen) atoms. The van der Waals surface area contributed by atoms with Crippen LogP contribution in [0.25, 0.3) is 0 Å². The van der Waals surface area contributed by atoms with Crippen LogP contribution in [0.15, 0.2) is 12.1 Å². The first-order valence-corrected chi connectivity index (χ1v) is 6.05. The van der Waals surface area contributed by atoms with E-state index in [1.807, 2.05) is 0 Å². The molecule has 0 fully saturated rings. The van der Waals surface area contributed by atoms with E-state index < -0.39 is 0 Å². The second kappa shape index (κ2) is 3.31. The summed E-state index contributed by atoms with van der Waals surface area (Å²) in [6, 6.07) is 4.53. The van der Waals surface area contributed by atoms with Crippen molar-refractivity contribution < 1.29 is 0 Å². The molecule has 0 aromatic heterocycles. The van der Waals surface area contributed by atoms with E-state index in [1.54, 1.807) is 0 Å². The SMILES string of the molecule is Cc1cc2c3c(c1)NC(CCl)N3CCC2. The van der Waals surface area contributed by atoms with Gasteiger partial charge in [-0.1, -0.05) is 6.07 Å². The van der Waals surface area contributed by atoms with Crippen molar-refractivity contribution in [2.24, 2.45) is 0 Å². The highest BCUT2D eigenvalue weighted by atomic mass is 35.5. The molecule has 0 bridgehead atoms. The highest BCUT2D eigenvalue weighted by molar-refractivity contribution is 6.18. The van der Waals surface area contributed by atoms with Crippen LogP contribution in [0.4, 0.5) is 11.4 Å². The van der Waals surface area contributed by atoms with Crippen molar-refractivity contribution in [3.63, 3.8) is 0 Å². The van der Waals surface area contributed by atoms with E-state index in [-0.39, 0.29) is 0 Å². The summed E-state index contributed by atoms with van der Waals surface area (Å²) in [6.45, 7) is 3.29. The molecule has 2 heterocycles. The minimum atomic E-state index is 0.294. The number of hydrogen-bond acceptors (Lipinski definition) is 2. The second-order valence-electron chi connectivity index (χ2n) is 4.43. The van der Waals surface area contributed by atoms with Gasteiger partial charge in [0.1, 0.15) is 6.17 Å². The van der Waals surface area contributed by atoms with Gasteiger partial charge in [0.05, 0.1) is 17.3 Å². The fourth-order valence-corrected chi connectivity index (χ4v) is 2.98. The largest absolute Gasteiger partial charge is 0.363 e. The highest BCUT2D eigenvalue weighted by Gasteiger charge is 2.32. The number of nitrogens with zero attached hydrogens (tertiary/aromatic N) is 1. The van der Waals surface area contributed by atoms with Gasteiger partial charge in [0.2, 0.25) is 0 Å². The summed E-state index contributed by atoms with van der Waals surface area (Å²) in [4.78, 5) is 2.42. The van der Waals surface area contributed by atoms with Crippen LogP contribution in [-0.4, -0.2) is 18.6 Å². The standard InChI is InChI=1S/C12H15ClN2/c1-8-5-9-3-2-4-15-11(7-13)14-10(6-8)12(9)15/h5-6,11,14H,2-4,7H2,1H3. The van der Waals surface area contributed by atoms with Gasteiger partial charge in [-0.2, -0.15) is 0 Å². The maximum Gasteiger partial charge on any atom is 0.113 e. The Labute approximate surface area is 95.2 Å². The first-order valence-electron chi connectivity index (χ1n) is 5.52. The van der Waals surface area contributed by atoms with E-state index in [9.17, 15) is 0 Å². The number of anilines is 2. The molecule has 0 aliphatic carbocycles. The Hall–Kier alpha value is -0.890. The third-order valence-electron chi connectivity index (χ3n) is 3.31. The molecule has 80 valence electrons. The third kappa shape index (κ3) is 1.31. The summed E-state index contributed by atoms with van der Waals surface area (Å²) in [5, 5.41) is 3.50. The lowest BCUT2D eigenvalue weighted by molar-refractivity contribution is 0.661. The minimum absolute atomic E-state index is 0.294. The Morgan fingerprint density at radius 3 is 3.20 bits per heavy atom. The van der Waals surface area contributed by atoms with Gasteiger partial charge in [-0.05, 0) is 37.0 Å². The average molecular weight is 223 g/mol. The molecule has 0 saturated carbocycles. The quantitative estimate of drug-likeness (QED) is 0.736. The van der Waals surface area contributed by atoms with Crippen LogP contribution >= 0.6 is 11.6 Å². The summed E-state index contributed by atoms with van der Waals surface area (Å²) >= 11 is 5.98. The van der Waals surface area contributed by atoms with Crippen molar-refractivity contribution in [3.05, 3.63) is 23.3 Å². The molecule has 2 aliphatic heterocycles. The van der Waals surface area contributed by atoms with Gasteiger partial charge in [0.25, 0.3) is 0 Å². The van der Waals surface area contributed by atoms with Crippen molar-refractivity contribution in [2.75, 3.05) is 22.6 Å². The van der Waals surface area contributed by atoms with Crippen LogP contribution in [0.2, 0.25) is 0 Å². The van der Waals surface area contributed by atoms with E-state index >= 15 is 0 Å². The minimum Gasteiger partial charge on any atom is -0.363 e. The fraction of sp³-hybridized carbons (Fsp3) is 0.500. The topological polar surface area (TPSA) is 15.3 Å². The molecule has 0 spiro atoms. The number of halogens is 1. The van der Waals surface area contributed by atoms with E-state index in [0.717, 1.165) is 6.54 Å². The maximum atomic E-state index is 5.98. The van der Waals surface area contributed by atoms with Crippen molar-refractivity contribution in [1.82, 2.24) is 0 Å². The molecule has 1 unspecified atom stereocenters. The lowest BCUT2D eigenvalue weighted by atomic mass is 9.99. The molecule has 3 rings (SSSR count). The smallest absolute Gasteiger partial charge is 0.113 e. The van der Waals surface area contributed by atoms with Crippen molar-refractivity contribution in [3.8, 4) is 0 Å². The van der Waals surface area contributed by atoms with E-state index in [0.29, 0.717) is 12.0 Å². The number of benzene rings is 1. The zero-order chi connectivity index (χ0) is 10.4. The lowest BCUT2D eigenvalue weighted by Crippen LogP contribution is -2.39. The molecular weight excluding hydrogens is 208 g/mol. The van der Waals surface area contributed by atoms with Gasteiger partial charge in [0.15, 0.2) is 0 Å². The number of hydrogen-bond donors (Lipinski definition) is 1. The monoisotopic (exact) mass is 222 g/mol. The van der Waals surface area contributed by atoms with E-state index in [1.165, 1.54) is 35.3 Å². The molecule has 1 atom stereocenters. The van der Waals surface area contributed by atoms with Gasteiger partial charge in [-0.25, -0.2) is 0 Å². The molecule has 1 aromatic carbocycles. The molecular formula is C12H15ClN2. The molecule has 2 nitrogen and oxygen atoms in total. The number of aryl methyl sites for hydroxylation is 2. The van der Waals surface area contributed by atoms with E-state index in [4.69, 9.17) is 11.6 Å². The number of nitrogens with one attached hydrogen (secondary N) is 1. The molecule has 0 saturated heterocycles. The average Bonchev–Trinajstić information content (AvgIpc) is 2.58.